The molecule has 14 nitrogen and oxygen atoms in total. The van der Waals surface area contributed by atoms with Gasteiger partial charge in [0.15, 0.2) is 10.9 Å². The Kier molecular flexibility index (Phi) is 5.65. The van der Waals surface area contributed by atoms with Crippen molar-refractivity contribution < 1.29 is 9.42 Å². The molecule has 0 bridgehead atoms. The molecule has 4 rings (SSSR count). The number of nitrogens with two attached hydrogens (primary N) is 1. The molecule has 0 aliphatic rings. The minimum Gasteiger partial charge on any atom is -0.378 e. The average Bonchev–Trinajstić information content (AvgIpc) is 3.50. The molecular formula is C16H16N12O2S. The van der Waals surface area contributed by atoms with E-state index < -0.39 is 5.91 Å². The van der Waals surface area contributed by atoms with Crippen molar-refractivity contribution in [2.45, 2.75) is 17.8 Å². The van der Waals surface area contributed by atoms with E-state index in [4.69, 9.17) is 5.73 Å². The van der Waals surface area contributed by atoms with E-state index in [1.165, 1.54) is 16.4 Å². The quantitative estimate of drug-likeness (QED) is 0.227. The minimum atomic E-state index is -0.565. The van der Waals surface area contributed by atoms with Crippen LogP contribution in [0.3, 0.4) is 0 Å². The molecule has 0 aromatic carbocycles. The second-order valence-electron chi connectivity index (χ2n) is 6.14. The SMILES string of the molecule is CC(=NNC(=O)c1nnn(-c2nonc2N)c1CSc1nncn1C)c1ccccn1. The third-order valence-electron chi connectivity index (χ3n) is 4.04. The Balaban J connectivity index is 1.62. The summed E-state index contributed by atoms with van der Waals surface area (Å²) in [7, 11) is 1.81. The monoisotopic (exact) mass is 440 g/mol. The van der Waals surface area contributed by atoms with Gasteiger partial charge in [0.25, 0.3) is 5.91 Å². The Morgan fingerprint density at radius 1 is 1.32 bits per heavy atom. The zero-order chi connectivity index (χ0) is 21.8. The van der Waals surface area contributed by atoms with Gasteiger partial charge in [-0.1, -0.05) is 23.0 Å². The topological polar surface area (TPSA) is 181 Å². The van der Waals surface area contributed by atoms with E-state index in [9.17, 15) is 4.79 Å². The van der Waals surface area contributed by atoms with E-state index in [2.05, 4.69) is 51.0 Å². The summed E-state index contributed by atoms with van der Waals surface area (Å²) in [5, 5.41) is 27.8. The van der Waals surface area contributed by atoms with Crippen LogP contribution in [-0.2, 0) is 12.8 Å². The number of pyridine rings is 1. The molecule has 4 heterocycles. The van der Waals surface area contributed by atoms with Gasteiger partial charge in [-0.3, -0.25) is 9.78 Å². The van der Waals surface area contributed by atoms with Crippen molar-refractivity contribution in [2.24, 2.45) is 12.1 Å². The number of aromatic nitrogens is 9. The number of hydrogen-bond acceptors (Lipinski definition) is 12. The highest BCUT2D eigenvalue weighted by Crippen LogP contribution is 2.24. The zero-order valence-electron chi connectivity index (χ0n) is 16.4. The number of hydrogen-bond donors (Lipinski definition) is 2. The first-order chi connectivity index (χ1) is 15.0. The molecule has 1 amide bonds. The number of nitrogens with zero attached hydrogens (tertiary/aromatic N) is 10. The molecule has 0 atom stereocenters. The highest BCUT2D eigenvalue weighted by Gasteiger charge is 2.24. The zero-order valence-corrected chi connectivity index (χ0v) is 17.2. The minimum absolute atomic E-state index is 0.00536. The predicted molar refractivity (Wildman–Crippen MR) is 108 cm³/mol. The number of anilines is 1. The van der Waals surface area contributed by atoms with Crippen molar-refractivity contribution in [2.75, 3.05) is 5.73 Å². The number of hydrazone groups is 1. The Hall–Kier alpha value is -4.14. The maximum atomic E-state index is 12.8. The summed E-state index contributed by atoms with van der Waals surface area (Å²) < 4.78 is 7.68. The van der Waals surface area contributed by atoms with Crippen LogP contribution >= 0.6 is 11.8 Å². The number of thioether (sulfide) groups is 1. The van der Waals surface area contributed by atoms with Crippen LogP contribution in [0.1, 0.15) is 28.8 Å². The molecule has 15 heteroatoms. The summed E-state index contributed by atoms with van der Waals surface area (Å²) in [6, 6.07) is 5.40. The molecule has 4 aromatic heterocycles. The van der Waals surface area contributed by atoms with E-state index in [0.717, 1.165) is 0 Å². The summed E-state index contributed by atoms with van der Waals surface area (Å²) >= 11 is 1.32. The molecule has 31 heavy (non-hydrogen) atoms. The van der Waals surface area contributed by atoms with E-state index in [1.54, 1.807) is 43.2 Å². The molecule has 0 aliphatic heterocycles. The largest absolute Gasteiger partial charge is 0.378 e. The van der Waals surface area contributed by atoms with Gasteiger partial charge in [0, 0.05) is 19.0 Å². The van der Waals surface area contributed by atoms with E-state index in [0.29, 0.717) is 22.3 Å². The van der Waals surface area contributed by atoms with Gasteiger partial charge in [-0.15, -0.1) is 15.3 Å². The Labute approximate surface area is 178 Å². The third kappa shape index (κ3) is 4.25. The first-order valence-electron chi connectivity index (χ1n) is 8.80. The molecule has 4 aromatic rings. The predicted octanol–water partition coefficient (Wildman–Crippen LogP) is 0.202. The average molecular weight is 440 g/mol. The molecule has 3 N–H and O–H groups in total. The van der Waals surface area contributed by atoms with Crippen LogP contribution in [0.2, 0.25) is 0 Å². The van der Waals surface area contributed by atoms with Crippen molar-refractivity contribution in [3.8, 4) is 5.82 Å². The number of rotatable bonds is 7. The van der Waals surface area contributed by atoms with Crippen LogP contribution < -0.4 is 11.2 Å². The fourth-order valence-electron chi connectivity index (χ4n) is 2.47. The Bertz CT molecular complexity index is 1230. The van der Waals surface area contributed by atoms with E-state index in [-0.39, 0.29) is 23.1 Å². The summed E-state index contributed by atoms with van der Waals surface area (Å²) in [6.07, 6.45) is 3.21. The van der Waals surface area contributed by atoms with Crippen molar-refractivity contribution >= 4 is 29.2 Å². The molecular weight excluding hydrogens is 424 g/mol. The van der Waals surface area contributed by atoms with Crippen LogP contribution in [0, 0.1) is 0 Å². The lowest BCUT2D eigenvalue weighted by atomic mass is 10.3. The number of aryl methyl sites for hydroxylation is 1. The summed E-state index contributed by atoms with van der Waals surface area (Å²) in [4.78, 5) is 17.0. The summed E-state index contributed by atoms with van der Waals surface area (Å²) in [6.45, 7) is 1.73. The van der Waals surface area contributed by atoms with Gasteiger partial charge in [-0.25, -0.2) is 10.1 Å². The first-order valence-corrected chi connectivity index (χ1v) is 9.79. The van der Waals surface area contributed by atoms with Gasteiger partial charge in [0.05, 0.1) is 17.1 Å². The van der Waals surface area contributed by atoms with Gasteiger partial charge >= 0.3 is 0 Å². The van der Waals surface area contributed by atoms with Crippen molar-refractivity contribution in [3.05, 3.63) is 47.8 Å². The van der Waals surface area contributed by atoms with Crippen LogP contribution in [0.25, 0.3) is 5.82 Å². The third-order valence-corrected chi connectivity index (χ3v) is 5.09. The molecule has 0 aliphatic carbocycles. The van der Waals surface area contributed by atoms with Crippen molar-refractivity contribution in [3.63, 3.8) is 0 Å². The second-order valence-corrected chi connectivity index (χ2v) is 7.08. The fourth-order valence-corrected chi connectivity index (χ4v) is 3.35. The molecule has 0 saturated heterocycles. The number of carbonyl (C=O) groups excluding carboxylic acids is 1. The van der Waals surface area contributed by atoms with Crippen LogP contribution in [-0.4, -0.2) is 56.7 Å². The molecule has 0 radical (unpaired) electrons. The summed E-state index contributed by atoms with van der Waals surface area (Å²) in [5.41, 5.74) is 9.86. The molecule has 0 saturated carbocycles. The van der Waals surface area contributed by atoms with Crippen LogP contribution in [0.5, 0.6) is 0 Å². The number of amides is 1. The second kappa shape index (κ2) is 8.70. The number of nitrogen functional groups attached to an aromatic ring is 1. The van der Waals surface area contributed by atoms with E-state index >= 15 is 0 Å². The summed E-state index contributed by atoms with van der Waals surface area (Å²) in [5.74, 6) is -0.179. The van der Waals surface area contributed by atoms with Crippen LogP contribution in [0.4, 0.5) is 5.82 Å². The Morgan fingerprint density at radius 2 is 2.19 bits per heavy atom. The van der Waals surface area contributed by atoms with Crippen molar-refractivity contribution in [1.82, 2.24) is 50.5 Å². The van der Waals surface area contributed by atoms with Gasteiger partial charge < -0.3 is 10.3 Å². The maximum Gasteiger partial charge on any atom is 0.293 e. The lowest BCUT2D eigenvalue weighted by molar-refractivity contribution is 0.0949. The molecule has 0 spiro atoms. The molecule has 158 valence electrons. The van der Waals surface area contributed by atoms with Crippen molar-refractivity contribution in [1.29, 1.82) is 0 Å². The highest BCUT2D eigenvalue weighted by molar-refractivity contribution is 7.98. The highest BCUT2D eigenvalue weighted by atomic mass is 32.2. The molecule has 0 fully saturated rings. The number of nitrogens with one attached hydrogen (secondary N) is 1. The number of carbonyl (C=O) groups is 1. The standard InChI is InChI=1S/C16H16N12O2S/c1-9(10-5-3-4-6-18-10)20-22-15(29)12-11(7-31-16-23-19-8-27(16)2)28(26-21-12)14-13(17)24-30-25-14/h3-6,8H,7H2,1-2H3,(H2,17,24)(H,22,29). The van der Waals surface area contributed by atoms with Gasteiger partial charge in [-0.05, 0) is 29.4 Å². The van der Waals surface area contributed by atoms with Gasteiger partial charge in [-0.2, -0.15) is 9.78 Å². The fraction of sp³-hybridized carbons (Fsp3) is 0.188. The lowest BCUT2D eigenvalue weighted by Crippen LogP contribution is -2.21. The van der Waals surface area contributed by atoms with Gasteiger partial charge in [0.2, 0.25) is 11.6 Å². The van der Waals surface area contributed by atoms with Gasteiger partial charge in [0.1, 0.15) is 6.33 Å². The maximum absolute atomic E-state index is 12.8. The normalized spacial score (nSPS) is 11.6. The Morgan fingerprint density at radius 3 is 2.87 bits per heavy atom. The molecule has 0 unspecified atom stereocenters. The van der Waals surface area contributed by atoms with E-state index in [1.807, 2.05) is 6.07 Å². The smallest absolute Gasteiger partial charge is 0.293 e. The van der Waals surface area contributed by atoms with Crippen LogP contribution in [0.15, 0.2) is 45.6 Å². The first kappa shape index (κ1) is 20.1. The lowest BCUT2D eigenvalue weighted by Gasteiger charge is -2.05.